The van der Waals surface area contributed by atoms with E-state index in [-0.39, 0.29) is 36.7 Å². The van der Waals surface area contributed by atoms with Crippen LogP contribution in [0.25, 0.3) is 0 Å². The van der Waals surface area contributed by atoms with E-state index in [4.69, 9.17) is 4.74 Å². The third-order valence-electron chi connectivity index (χ3n) is 3.83. The van der Waals surface area contributed by atoms with Crippen LogP contribution in [-0.4, -0.2) is 53.9 Å². The second-order valence-electron chi connectivity index (χ2n) is 5.48. The smallest absolute Gasteiger partial charge is 0.246 e. The molecule has 1 aromatic rings. The lowest BCUT2D eigenvalue weighted by molar-refractivity contribution is -0.140. The molecule has 0 aromatic heterocycles. The van der Waals surface area contributed by atoms with Gasteiger partial charge in [0.05, 0.1) is 13.0 Å². The fourth-order valence-corrected chi connectivity index (χ4v) is 2.59. The second-order valence-corrected chi connectivity index (χ2v) is 5.48. The van der Waals surface area contributed by atoms with Crippen molar-refractivity contribution in [3.8, 4) is 5.75 Å². The summed E-state index contributed by atoms with van der Waals surface area (Å²) >= 11 is 0. The number of piperazine rings is 1. The molecule has 1 heterocycles. The van der Waals surface area contributed by atoms with E-state index >= 15 is 0 Å². The zero-order valence-corrected chi connectivity index (χ0v) is 13.2. The Morgan fingerprint density at radius 3 is 2.65 bits per heavy atom. The van der Waals surface area contributed by atoms with Crippen molar-refractivity contribution in [3.63, 3.8) is 0 Å². The van der Waals surface area contributed by atoms with Crippen LogP contribution >= 0.6 is 0 Å². The van der Waals surface area contributed by atoms with Crippen LogP contribution in [0.4, 0.5) is 4.39 Å². The van der Waals surface area contributed by atoms with E-state index in [0.717, 1.165) is 0 Å². The van der Waals surface area contributed by atoms with Crippen molar-refractivity contribution in [3.05, 3.63) is 42.7 Å². The summed E-state index contributed by atoms with van der Waals surface area (Å²) < 4.78 is 18.2. The fraction of sp³-hybridized carbons (Fsp3) is 0.412. The van der Waals surface area contributed by atoms with E-state index in [0.29, 0.717) is 25.4 Å². The average molecular weight is 320 g/mol. The normalized spacial score (nSPS) is 17.7. The Labute approximate surface area is 135 Å². The van der Waals surface area contributed by atoms with Gasteiger partial charge in [-0.05, 0) is 37.3 Å². The number of halogens is 1. The number of nitrogens with zero attached hydrogens (tertiary/aromatic N) is 2. The van der Waals surface area contributed by atoms with Crippen LogP contribution in [-0.2, 0) is 9.59 Å². The van der Waals surface area contributed by atoms with Gasteiger partial charge in [0.2, 0.25) is 11.8 Å². The van der Waals surface area contributed by atoms with Crippen LogP contribution in [0.5, 0.6) is 5.75 Å². The predicted molar refractivity (Wildman–Crippen MR) is 84.5 cm³/mol. The van der Waals surface area contributed by atoms with Crippen molar-refractivity contribution in [2.45, 2.75) is 19.4 Å². The molecule has 1 aromatic carbocycles. The van der Waals surface area contributed by atoms with Crippen LogP contribution in [0.15, 0.2) is 36.9 Å². The van der Waals surface area contributed by atoms with Gasteiger partial charge in [-0.2, -0.15) is 0 Å². The summed E-state index contributed by atoms with van der Waals surface area (Å²) in [6.45, 7) is 7.17. The van der Waals surface area contributed by atoms with Gasteiger partial charge >= 0.3 is 0 Å². The van der Waals surface area contributed by atoms with Crippen LogP contribution in [0.3, 0.4) is 0 Å². The molecule has 0 bridgehead atoms. The van der Waals surface area contributed by atoms with Gasteiger partial charge in [0.15, 0.2) is 0 Å². The first kappa shape index (κ1) is 17.0. The Balaban J connectivity index is 1.78. The Morgan fingerprint density at radius 1 is 1.35 bits per heavy atom. The number of carbonyl (C=O) groups excluding carboxylic acids is 2. The van der Waals surface area contributed by atoms with E-state index in [9.17, 15) is 14.0 Å². The van der Waals surface area contributed by atoms with Gasteiger partial charge in [-0.1, -0.05) is 6.58 Å². The molecule has 5 nitrogen and oxygen atoms in total. The lowest BCUT2D eigenvalue weighted by atomic mass is 10.1. The van der Waals surface area contributed by atoms with E-state index in [1.165, 1.54) is 30.3 Å². The molecule has 0 radical (unpaired) electrons. The number of benzene rings is 1. The molecular weight excluding hydrogens is 299 g/mol. The molecule has 1 saturated heterocycles. The number of carbonyl (C=O) groups is 2. The molecule has 6 heteroatoms. The molecule has 2 amide bonds. The third kappa shape index (κ3) is 4.55. The average Bonchev–Trinajstić information content (AvgIpc) is 2.55. The zero-order chi connectivity index (χ0) is 16.8. The monoisotopic (exact) mass is 320 g/mol. The maximum absolute atomic E-state index is 12.8. The molecular formula is C17H21FN2O3. The largest absolute Gasteiger partial charge is 0.493 e. The molecule has 1 atom stereocenters. The molecule has 124 valence electrons. The second kappa shape index (κ2) is 7.76. The van der Waals surface area contributed by atoms with Gasteiger partial charge in [-0.3, -0.25) is 9.59 Å². The van der Waals surface area contributed by atoms with Gasteiger partial charge in [-0.25, -0.2) is 4.39 Å². The Morgan fingerprint density at radius 2 is 2.04 bits per heavy atom. The summed E-state index contributed by atoms with van der Waals surface area (Å²) in [5.41, 5.74) is 0. The van der Waals surface area contributed by atoms with Crippen LogP contribution < -0.4 is 4.74 Å². The Hall–Kier alpha value is -2.37. The molecule has 2 rings (SSSR count). The van der Waals surface area contributed by atoms with Gasteiger partial charge in [-0.15, -0.1) is 0 Å². The Bertz CT molecular complexity index is 574. The molecule has 23 heavy (non-hydrogen) atoms. The summed E-state index contributed by atoms with van der Waals surface area (Å²) in [4.78, 5) is 27.3. The molecule has 0 aliphatic carbocycles. The highest BCUT2D eigenvalue weighted by molar-refractivity contribution is 5.87. The molecule has 1 aliphatic heterocycles. The van der Waals surface area contributed by atoms with E-state index < -0.39 is 0 Å². The number of ether oxygens (including phenoxy) is 1. The SMILES string of the molecule is C=CC(=O)N1CCN(C(=O)CCOc2ccc(F)cc2)C(C)C1. The van der Waals surface area contributed by atoms with Crippen LogP contribution in [0, 0.1) is 5.82 Å². The highest BCUT2D eigenvalue weighted by Gasteiger charge is 2.28. The molecule has 1 unspecified atom stereocenters. The Kier molecular flexibility index (Phi) is 5.73. The highest BCUT2D eigenvalue weighted by Crippen LogP contribution is 2.14. The first-order chi connectivity index (χ1) is 11.0. The zero-order valence-electron chi connectivity index (χ0n) is 13.2. The van der Waals surface area contributed by atoms with E-state index in [1.807, 2.05) is 6.92 Å². The number of hydrogen-bond acceptors (Lipinski definition) is 3. The third-order valence-corrected chi connectivity index (χ3v) is 3.83. The molecule has 0 saturated carbocycles. The molecule has 1 aliphatic rings. The standard InChI is InChI=1S/C17H21FN2O3/c1-3-16(21)19-9-10-20(13(2)12-19)17(22)8-11-23-15-6-4-14(18)5-7-15/h3-7,13H,1,8-12H2,2H3. The summed E-state index contributed by atoms with van der Waals surface area (Å²) in [6.07, 6.45) is 1.54. The fourth-order valence-electron chi connectivity index (χ4n) is 2.59. The van der Waals surface area contributed by atoms with Gasteiger partial charge < -0.3 is 14.5 Å². The maximum atomic E-state index is 12.8. The lowest BCUT2D eigenvalue weighted by Gasteiger charge is -2.39. The summed E-state index contributed by atoms with van der Waals surface area (Å²) in [5, 5.41) is 0. The first-order valence-electron chi connectivity index (χ1n) is 7.60. The molecule has 1 fully saturated rings. The van der Waals surface area contributed by atoms with Crippen molar-refractivity contribution < 1.29 is 18.7 Å². The van der Waals surface area contributed by atoms with Crippen molar-refractivity contribution in [1.82, 2.24) is 9.80 Å². The van der Waals surface area contributed by atoms with Gasteiger partial charge in [0, 0.05) is 25.7 Å². The van der Waals surface area contributed by atoms with Gasteiger partial charge in [0.25, 0.3) is 0 Å². The van der Waals surface area contributed by atoms with Crippen LogP contribution in [0.1, 0.15) is 13.3 Å². The van der Waals surface area contributed by atoms with Crippen molar-refractivity contribution >= 4 is 11.8 Å². The summed E-state index contributed by atoms with van der Waals surface area (Å²) in [5.74, 6) is 0.0942. The number of hydrogen-bond donors (Lipinski definition) is 0. The number of amides is 2. The van der Waals surface area contributed by atoms with E-state index in [2.05, 4.69) is 6.58 Å². The summed E-state index contributed by atoms with van der Waals surface area (Å²) in [6, 6.07) is 5.65. The maximum Gasteiger partial charge on any atom is 0.246 e. The minimum absolute atomic E-state index is 0.00897. The predicted octanol–water partition coefficient (Wildman–Crippen LogP) is 1.84. The minimum atomic E-state index is -0.325. The van der Waals surface area contributed by atoms with Crippen molar-refractivity contribution in [2.75, 3.05) is 26.2 Å². The van der Waals surface area contributed by atoms with Crippen molar-refractivity contribution in [1.29, 1.82) is 0 Å². The topological polar surface area (TPSA) is 49.9 Å². The van der Waals surface area contributed by atoms with E-state index in [1.54, 1.807) is 9.80 Å². The first-order valence-corrected chi connectivity index (χ1v) is 7.60. The lowest BCUT2D eigenvalue weighted by Crippen LogP contribution is -2.55. The molecule has 0 N–H and O–H groups in total. The van der Waals surface area contributed by atoms with Crippen LogP contribution in [0.2, 0.25) is 0 Å². The van der Waals surface area contributed by atoms with Crippen molar-refractivity contribution in [2.24, 2.45) is 0 Å². The van der Waals surface area contributed by atoms with Gasteiger partial charge in [0.1, 0.15) is 11.6 Å². The highest BCUT2D eigenvalue weighted by atomic mass is 19.1. The summed E-state index contributed by atoms with van der Waals surface area (Å²) in [7, 11) is 0. The quantitative estimate of drug-likeness (QED) is 0.778. The minimum Gasteiger partial charge on any atom is -0.493 e. The molecule has 0 spiro atoms. The number of rotatable bonds is 5.